The molecule has 0 aliphatic rings. The molecule has 0 fully saturated rings. The molecule has 14 heavy (non-hydrogen) atoms. The Kier molecular flexibility index (Phi) is 2.35. The predicted octanol–water partition coefficient (Wildman–Crippen LogP) is 1.56. The fraction of sp³-hybridized carbons (Fsp3) is 0.333. The molecule has 1 atom stereocenters. The van der Waals surface area contributed by atoms with Crippen LogP contribution in [-0.4, -0.2) is 14.8 Å². The fourth-order valence-electron chi connectivity index (χ4n) is 1.17. The molecule has 2 aromatic heterocycles. The van der Waals surface area contributed by atoms with Crippen LogP contribution in [0.25, 0.3) is 11.4 Å². The zero-order valence-corrected chi connectivity index (χ0v) is 8.95. The Morgan fingerprint density at radius 3 is 2.79 bits per heavy atom. The average Bonchev–Trinajstić information content (AvgIpc) is 2.70. The van der Waals surface area contributed by atoms with Crippen molar-refractivity contribution in [2.75, 3.05) is 0 Å². The van der Waals surface area contributed by atoms with E-state index in [2.05, 4.69) is 10.1 Å². The summed E-state index contributed by atoms with van der Waals surface area (Å²) >= 11 is 1.58. The molecule has 1 unspecified atom stereocenters. The highest BCUT2D eigenvalue weighted by Gasteiger charge is 2.09. The number of hydrogen-bond acceptors (Lipinski definition) is 4. The first kappa shape index (κ1) is 9.36. The van der Waals surface area contributed by atoms with Crippen LogP contribution in [0, 0.1) is 0 Å². The molecule has 0 saturated heterocycles. The topological polar surface area (TPSA) is 56.7 Å². The summed E-state index contributed by atoms with van der Waals surface area (Å²) in [6.45, 7) is 1.93. The Bertz CT molecular complexity index is 429. The number of nitrogens with zero attached hydrogens (tertiary/aromatic N) is 3. The molecular weight excluding hydrogens is 196 g/mol. The number of aryl methyl sites for hydroxylation is 1. The van der Waals surface area contributed by atoms with Gasteiger partial charge in [0.25, 0.3) is 0 Å². The van der Waals surface area contributed by atoms with Gasteiger partial charge in [-0.05, 0) is 13.0 Å². The minimum atomic E-state index is -0.00235. The second-order valence-electron chi connectivity index (χ2n) is 3.23. The van der Waals surface area contributed by atoms with E-state index in [-0.39, 0.29) is 6.04 Å². The summed E-state index contributed by atoms with van der Waals surface area (Å²) in [4.78, 5) is 4.41. The van der Waals surface area contributed by atoms with Crippen molar-refractivity contribution in [3.8, 4) is 11.4 Å². The van der Waals surface area contributed by atoms with Crippen molar-refractivity contribution in [2.24, 2.45) is 12.8 Å². The lowest BCUT2D eigenvalue weighted by molar-refractivity contribution is 0.768. The molecule has 74 valence electrons. The molecule has 2 aromatic rings. The smallest absolute Gasteiger partial charge is 0.112 e. The monoisotopic (exact) mass is 208 g/mol. The summed E-state index contributed by atoms with van der Waals surface area (Å²) in [5.41, 5.74) is 7.54. The van der Waals surface area contributed by atoms with Gasteiger partial charge >= 0.3 is 0 Å². The second kappa shape index (κ2) is 3.51. The summed E-state index contributed by atoms with van der Waals surface area (Å²) in [6.07, 6.45) is 1.90. The van der Waals surface area contributed by atoms with Crippen LogP contribution < -0.4 is 5.73 Å². The van der Waals surface area contributed by atoms with Crippen LogP contribution in [0.15, 0.2) is 17.6 Å². The number of thiazole rings is 1. The Morgan fingerprint density at radius 2 is 2.29 bits per heavy atom. The Hall–Kier alpha value is -1.20. The quantitative estimate of drug-likeness (QED) is 0.815. The van der Waals surface area contributed by atoms with E-state index in [4.69, 9.17) is 5.73 Å². The highest BCUT2D eigenvalue weighted by Crippen LogP contribution is 2.22. The maximum absolute atomic E-state index is 5.73. The standard InChI is InChI=1S/C9H12N4S/c1-6(10)9-11-8(5-14-9)7-3-4-13(2)12-7/h3-6H,10H2,1-2H3. The van der Waals surface area contributed by atoms with E-state index >= 15 is 0 Å². The van der Waals surface area contributed by atoms with E-state index in [1.165, 1.54) is 0 Å². The lowest BCUT2D eigenvalue weighted by atomic mass is 10.3. The first-order valence-corrected chi connectivity index (χ1v) is 5.26. The van der Waals surface area contributed by atoms with Gasteiger partial charge in [-0.2, -0.15) is 5.10 Å². The van der Waals surface area contributed by atoms with Crippen molar-refractivity contribution in [3.05, 3.63) is 22.7 Å². The number of rotatable bonds is 2. The van der Waals surface area contributed by atoms with E-state index in [0.29, 0.717) is 0 Å². The lowest BCUT2D eigenvalue weighted by Crippen LogP contribution is -2.03. The molecule has 5 heteroatoms. The summed E-state index contributed by atoms with van der Waals surface area (Å²) in [7, 11) is 1.89. The Morgan fingerprint density at radius 1 is 1.50 bits per heavy atom. The van der Waals surface area contributed by atoms with Gasteiger partial charge in [0.2, 0.25) is 0 Å². The van der Waals surface area contributed by atoms with Crippen molar-refractivity contribution >= 4 is 11.3 Å². The maximum atomic E-state index is 5.73. The van der Waals surface area contributed by atoms with Gasteiger partial charge in [0, 0.05) is 18.6 Å². The molecule has 0 aliphatic carbocycles. The first-order chi connectivity index (χ1) is 6.66. The van der Waals surface area contributed by atoms with E-state index in [0.717, 1.165) is 16.4 Å². The van der Waals surface area contributed by atoms with Gasteiger partial charge in [0.15, 0.2) is 0 Å². The summed E-state index contributed by atoms with van der Waals surface area (Å²) in [5, 5.41) is 7.21. The molecule has 2 rings (SSSR count). The normalized spacial score (nSPS) is 13.1. The minimum Gasteiger partial charge on any atom is -0.322 e. The van der Waals surface area contributed by atoms with Gasteiger partial charge in [-0.1, -0.05) is 0 Å². The molecule has 2 heterocycles. The summed E-state index contributed by atoms with van der Waals surface area (Å²) < 4.78 is 1.76. The number of aromatic nitrogens is 3. The largest absolute Gasteiger partial charge is 0.322 e. The van der Waals surface area contributed by atoms with Crippen LogP contribution in [0.5, 0.6) is 0 Å². The van der Waals surface area contributed by atoms with Crippen LogP contribution in [0.1, 0.15) is 18.0 Å². The van der Waals surface area contributed by atoms with Gasteiger partial charge in [-0.15, -0.1) is 11.3 Å². The average molecular weight is 208 g/mol. The number of hydrogen-bond donors (Lipinski definition) is 1. The zero-order chi connectivity index (χ0) is 10.1. The summed E-state index contributed by atoms with van der Waals surface area (Å²) in [6, 6.07) is 1.94. The Labute approximate surface area is 86.4 Å². The van der Waals surface area contributed by atoms with E-state index in [1.54, 1.807) is 16.0 Å². The predicted molar refractivity (Wildman–Crippen MR) is 56.9 cm³/mol. The van der Waals surface area contributed by atoms with Gasteiger partial charge in [0.05, 0.1) is 6.04 Å². The molecule has 2 N–H and O–H groups in total. The highest BCUT2D eigenvalue weighted by atomic mass is 32.1. The van der Waals surface area contributed by atoms with Gasteiger partial charge in [-0.25, -0.2) is 4.98 Å². The zero-order valence-electron chi connectivity index (χ0n) is 8.14. The number of nitrogens with two attached hydrogens (primary N) is 1. The van der Waals surface area contributed by atoms with Gasteiger partial charge < -0.3 is 5.73 Å². The van der Waals surface area contributed by atoms with Crippen molar-refractivity contribution in [1.29, 1.82) is 0 Å². The van der Waals surface area contributed by atoms with Crippen LogP contribution in [-0.2, 0) is 7.05 Å². The molecule has 0 amide bonds. The fourth-order valence-corrected chi connectivity index (χ4v) is 1.94. The van der Waals surface area contributed by atoms with E-state index in [9.17, 15) is 0 Å². The van der Waals surface area contributed by atoms with Crippen LogP contribution >= 0.6 is 11.3 Å². The van der Waals surface area contributed by atoms with Gasteiger partial charge in [-0.3, -0.25) is 4.68 Å². The third-order valence-electron chi connectivity index (χ3n) is 1.89. The molecule has 0 spiro atoms. The molecule has 4 nitrogen and oxygen atoms in total. The molecule has 0 radical (unpaired) electrons. The SMILES string of the molecule is CC(N)c1nc(-c2ccn(C)n2)cs1. The van der Waals surface area contributed by atoms with Crippen LogP contribution in [0.4, 0.5) is 0 Å². The van der Waals surface area contributed by atoms with E-state index < -0.39 is 0 Å². The van der Waals surface area contributed by atoms with Crippen LogP contribution in [0.2, 0.25) is 0 Å². The maximum Gasteiger partial charge on any atom is 0.112 e. The summed E-state index contributed by atoms with van der Waals surface area (Å²) in [5.74, 6) is 0. The third kappa shape index (κ3) is 1.69. The van der Waals surface area contributed by atoms with Crippen molar-refractivity contribution < 1.29 is 0 Å². The van der Waals surface area contributed by atoms with Crippen molar-refractivity contribution in [3.63, 3.8) is 0 Å². The Balaban J connectivity index is 2.33. The van der Waals surface area contributed by atoms with Crippen molar-refractivity contribution in [1.82, 2.24) is 14.8 Å². The molecule has 0 saturated carbocycles. The van der Waals surface area contributed by atoms with E-state index in [1.807, 2.05) is 31.6 Å². The minimum absolute atomic E-state index is 0.00235. The second-order valence-corrected chi connectivity index (χ2v) is 4.12. The van der Waals surface area contributed by atoms with Crippen LogP contribution in [0.3, 0.4) is 0 Å². The third-order valence-corrected chi connectivity index (χ3v) is 2.93. The molecular formula is C9H12N4S. The first-order valence-electron chi connectivity index (χ1n) is 4.38. The lowest BCUT2D eigenvalue weighted by Gasteiger charge is -1.96. The molecule has 0 aliphatic heterocycles. The molecule has 0 aromatic carbocycles. The highest BCUT2D eigenvalue weighted by molar-refractivity contribution is 7.10. The van der Waals surface area contributed by atoms with Crippen molar-refractivity contribution in [2.45, 2.75) is 13.0 Å². The van der Waals surface area contributed by atoms with Gasteiger partial charge in [0.1, 0.15) is 16.4 Å². The molecule has 0 bridgehead atoms.